The van der Waals surface area contributed by atoms with Gasteiger partial charge in [-0.05, 0) is 161 Å². The van der Waals surface area contributed by atoms with E-state index in [-0.39, 0.29) is 51.0 Å². The summed E-state index contributed by atoms with van der Waals surface area (Å²) in [5.74, 6) is 1.71. The van der Waals surface area contributed by atoms with Crippen molar-refractivity contribution in [2.45, 2.75) is 146 Å². The molecule has 0 spiro atoms. The summed E-state index contributed by atoms with van der Waals surface area (Å²) >= 11 is 0. The zero-order valence-electron chi connectivity index (χ0n) is 42.5. The van der Waals surface area contributed by atoms with Gasteiger partial charge in [0, 0.05) is 52.8 Å². The lowest BCUT2D eigenvalue weighted by Crippen LogP contribution is -2.65. The maximum Gasteiger partial charge on any atom is 0.339 e. The Morgan fingerprint density at radius 1 is 0.788 bits per heavy atom. The van der Waals surface area contributed by atoms with Crippen LogP contribution >= 0.6 is 0 Å². The van der Waals surface area contributed by atoms with Crippen LogP contribution in [-0.2, 0) is 14.3 Å². The summed E-state index contributed by atoms with van der Waals surface area (Å²) in [7, 11) is 1.60. The number of hydrogen-bond acceptors (Lipinski definition) is 6. The Bertz CT molecular complexity index is 2610. The third-order valence-electron chi connectivity index (χ3n) is 19.8. The van der Waals surface area contributed by atoms with Gasteiger partial charge in [0.1, 0.15) is 30.5 Å². The average molecular weight is 896 g/mol. The van der Waals surface area contributed by atoms with E-state index in [0.29, 0.717) is 17.4 Å². The highest BCUT2D eigenvalue weighted by Crippen LogP contribution is 2.76. The topological polar surface area (TPSA) is 72.0 Å². The first-order chi connectivity index (χ1) is 31.4. The van der Waals surface area contributed by atoms with Crippen molar-refractivity contribution < 1.29 is 23.5 Å². The first kappa shape index (κ1) is 46.7. The second kappa shape index (κ2) is 16.7. The summed E-state index contributed by atoms with van der Waals surface area (Å²) in [4.78, 5) is 31.1. The number of hydrogen-bond donors (Lipinski definition) is 0. The number of carbonyl (C=O) groups is 2. The molecule has 2 aromatic rings. The van der Waals surface area contributed by atoms with Crippen molar-refractivity contribution in [3.05, 3.63) is 83.2 Å². The standard InChI is InChI=1S/C59H79N2O5/c1-13-60(14-2)38-21-23-42-46(35-38)65-47-36-39(61(15-3)16-4)22-24-43(47)51(42)40-19-17-18-20-41(40)52(62)66-50-28-29-56(9)48(55(50,7)8)27-30-58(11)49(56)26-25-44-45-37-54(5,6)31-33-59(45,53(63)64-12)34-32-57(44,58)10/h17-25,35-36,45,48-50H,13-16,26-34,37H2,1-12H3/q+1/t45-,48-,49+,50-,56-,57+,58+,59-/m0/s1. The minimum atomic E-state index is -0.401. The number of benzene rings is 3. The summed E-state index contributed by atoms with van der Waals surface area (Å²) in [5, 5.41) is 2.10. The SMILES string of the molecule is CCN(CC)c1ccc2c(-c3ccccc3C(=O)O[C@H]3CC[C@]4(C)[C@H]5CC=C6[C@@H]7CC(C)(C)CC[C@]7(C(=O)OC)CC[C@@]6(C)[C@]5(C)CC[C@H]4C3(C)C)c3ccc(=[N+](CC)CC)cc-3oc2c1. The van der Waals surface area contributed by atoms with E-state index in [1.165, 1.54) is 0 Å². The molecule has 2 aromatic carbocycles. The minimum Gasteiger partial charge on any atom is -0.469 e. The van der Waals surface area contributed by atoms with E-state index in [2.05, 4.69) is 134 Å². The number of rotatable bonds is 9. The number of fused-ring (bicyclic) bond motifs is 9. The van der Waals surface area contributed by atoms with Crippen LogP contribution in [0.4, 0.5) is 5.69 Å². The van der Waals surface area contributed by atoms with E-state index >= 15 is 0 Å². The van der Waals surface area contributed by atoms with Crippen LogP contribution in [0.2, 0.25) is 0 Å². The molecule has 0 aromatic heterocycles. The highest BCUT2D eigenvalue weighted by Gasteiger charge is 2.69. The number of methoxy groups -OCH3 is 1. The van der Waals surface area contributed by atoms with Crippen LogP contribution in [0.15, 0.2) is 76.7 Å². The first-order valence-electron chi connectivity index (χ1n) is 25.8. The molecule has 7 aliphatic rings. The predicted molar refractivity (Wildman–Crippen MR) is 268 cm³/mol. The molecule has 7 heteroatoms. The van der Waals surface area contributed by atoms with Crippen molar-refractivity contribution >= 4 is 28.6 Å². The van der Waals surface area contributed by atoms with E-state index in [0.717, 1.165) is 135 Å². The maximum atomic E-state index is 15.0. The zero-order valence-corrected chi connectivity index (χ0v) is 42.5. The van der Waals surface area contributed by atoms with Crippen molar-refractivity contribution in [1.29, 1.82) is 0 Å². The average Bonchev–Trinajstić information content (AvgIpc) is 3.29. The summed E-state index contributed by atoms with van der Waals surface area (Å²) in [6.07, 6.45) is 12.6. The largest absolute Gasteiger partial charge is 0.469 e. The fraction of sp³-hybridized carbons (Fsp3) is 0.610. The molecule has 9 rings (SSSR count). The third kappa shape index (κ3) is 6.95. The third-order valence-corrected chi connectivity index (χ3v) is 19.8. The molecule has 0 saturated heterocycles. The molecule has 1 aliphatic heterocycles. The summed E-state index contributed by atoms with van der Waals surface area (Å²) < 4.78 is 21.7. The quantitative estimate of drug-likeness (QED) is 0.0721. The van der Waals surface area contributed by atoms with E-state index in [9.17, 15) is 9.59 Å². The van der Waals surface area contributed by atoms with Crippen molar-refractivity contribution in [1.82, 2.24) is 4.58 Å². The Morgan fingerprint density at radius 2 is 1.52 bits per heavy atom. The van der Waals surface area contributed by atoms with Crippen molar-refractivity contribution in [3.8, 4) is 22.5 Å². The molecule has 4 fully saturated rings. The van der Waals surface area contributed by atoms with E-state index in [4.69, 9.17) is 13.9 Å². The van der Waals surface area contributed by atoms with Gasteiger partial charge in [-0.1, -0.05) is 78.3 Å². The summed E-state index contributed by atoms with van der Waals surface area (Å²) in [6.45, 7) is 29.7. The summed E-state index contributed by atoms with van der Waals surface area (Å²) in [5.41, 5.74) is 6.72. The van der Waals surface area contributed by atoms with Crippen molar-refractivity contribution in [2.24, 2.45) is 50.2 Å². The van der Waals surface area contributed by atoms with Gasteiger partial charge in [-0.25, -0.2) is 9.37 Å². The van der Waals surface area contributed by atoms with Gasteiger partial charge in [0.25, 0.3) is 0 Å². The maximum absolute atomic E-state index is 15.0. The van der Waals surface area contributed by atoms with Crippen LogP contribution < -0.4 is 14.8 Å². The van der Waals surface area contributed by atoms with Gasteiger partial charge < -0.3 is 18.8 Å². The molecule has 66 heavy (non-hydrogen) atoms. The number of ether oxygens (including phenoxy) is 2. The Hall–Kier alpha value is -4.39. The first-order valence-corrected chi connectivity index (χ1v) is 25.8. The number of esters is 2. The van der Waals surface area contributed by atoms with Crippen LogP contribution in [0.1, 0.15) is 151 Å². The van der Waals surface area contributed by atoms with Gasteiger partial charge in [-0.15, -0.1) is 0 Å². The molecule has 7 nitrogen and oxygen atoms in total. The Kier molecular flexibility index (Phi) is 11.8. The van der Waals surface area contributed by atoms with Gasteiger partial charge in [-0.2, -0.15) is 0 Å². The number of anilines is 1. The molecular formula is C59H79N2O5+. The number of nitrogens with zero attached hydrogens (tertiary/aromatic N) is 2. The summed E-state index contributed by atoms with van der Waals surface area (Å²) in [6, 6.07) is 21.1. The molecule has 6 aliphatic carbocycles. The smallest absolute Gasteiger partial charge is 0.339 e. The van der Waals surface area contributed by atoms with Crippen molar-refractivity contribution in [3.63, 3.8) is 0 Å². The van der Waals surface area contributed by atoms with Crippen molar-refractivity contribution in [2.75, 3.05) is 38.2 Å². The fourth-order valence-electron chi connectivity index (χ4n) is 15.8. The number of carbonyl (C=O) groups excluding carboxylic acids is 2. The van der Waals surface area contributed by atoms with Gasteiger partial charge in [0.2, 0.25) is 5.36 Å². The van der Waals surface area contributed by atoms with Gasteiger partial charge in [0.05, 0.1) is 24.2 Å². The lowest BCUT2D eigenvalue weighted by Gasteiger charge is -2.71. The molecule has 0 bridgehead atoms. The fourth-order valence-corrected chi connectivity index (χ4v) is 15.8. The molecule has 0 radical (unpaired) electrons. The van der Waals surface area contributed by atoms with Crippen LogP contribution in [0.25, 0.3) is 33.4 Å². The molecule has 0 amide bonds. The minimum absolute atomic E-state index is 0.0149. The predicted octanol–water partition coefficient (Wildman–Crippen LogP) is 13.4. The van der Waals surface area contributed by atoms with E-state index in [1.54, 1.807) is 12.7 Å². The molecule has 8 atom stereocenters. The van der Waals surface area contributed by atoms with Crippen LogP contribution in [0, 0.1) is 50.2 Å². The van der Waals surface area contributed by atoms with Gasteiger partial charge in [0.15, 0.2) is 0 Å². The van der Waals surface area contributed by atoms with Gasteiger partial charge >= 0.3 is 11.9 Å². The van der Waals surface area contributed by atoms with Crippen LogP contribution in [0.5, 0.6) is 0 Å². The second-order valence-corrected chi connectivity index (χ2v) is 23.3. The monoisotopic (exact) mass is 896 g/mol. The lowest BCUT2D eigenvalue weighted by molar-refractivity contribution is -0.206. The number of allylic oxidation sites excluding steroid dienone is 2. The molecule has 354 valence electrons. The lowest BCUT2D eigenvalue weighted by atomic mass is 9.33. The molecule has 0 N–H and O–H groups in total. The molecule has 0 unspecified atom stereocenters. The van der Waals surface area contributed by atoms with E-state index in [1.807, 2.05) is 18.2 Å². The second-order valence-electron chi connectivity index (χ2n) is 23.3. The Labute approximate surface area is 395 Å². The highest BCUT2D eigenvalue weighted by atomic mass is 16.5. The molecule has 1 heterocycles. The molecular weight excluding hydrogens is 817 g/mol. The highest BCUT2D eigenvalue weighted by molar-refractivity contribution is 6.08. The van der Waals surface area contributed by atoms with Crippen LogP contribution in [0.3, 0.4) is 0 Å². The molecule has 4 saturated carbocycles. The Morgan fingerprint density at radius 3 is 2.23 bits per heavy atom. The normalized spacial score (nSPS) is 32.0. The van der Waals surface area contributed by atoms with Crippen LogP contribution in [-0.4, -0.2) is 51.3 Å². The zero-order chi connectivity index (χ0) is 47.2. The van der Waals surface area contributed by atoms with E-state index < -0.39 is 5.41 Å². The Balaban J connectivity index is 1.05. The van der Waals surface area contributed by atoms with Gasteiger partial charge in [-0.3, -0.25) is 4.79 Å².